The first-order chi connectivity index (χ1) is 9.16. The Morgan fingerprint density at radius 1 is 0.700 bits per heavy atom. The smallest absolute Gasteiger partial charge is 0.550 e. The molecular weight excluding hydrogens is 263 g/mol. The van der Waals surface area contributed by atoms with Gasteiger partial charge in [0.1, 0.15) is 5.78 Å². The molecule has 0 N–H and O–H groups in total. The number of hydrogen-bond acceptors (Lipinski definition) is 3. The number of ketones is 1. The fourth-order valence-corrected chi connectivity index (χ4v) is 2.18. The SMILES string of the molecule is CCCCCCCCCCCCC(=O)CCC(=O)[O-].[Na+]. The zero-order valence-electron chi connectivity index (χ0n) is 13.4. The Bertz CT molecular complexity index is 242. The number of carboxylic acids is 1. The Labute approximate surface area is 146 Å². The molecule has 0 heterocycles. The van der Waals surface area contributed by atoms with Crippen molar-refractivity contribution in [1.29, 1.82) is 0 Å². The minimum absolute atomic E-state index is 0. The van der Waals surface area contributed by atoms with Gasteiger partial charge in [-0.25, -0.2) is 0 Å². The number of carbonyl (C=O) groups is 2. The fraction of sp³-hybridized carbons (Fsp3) is 0.875. The molecule has 0 fully saturated rings. The van der Waals surface area contributed by atoms with Crippen molar-refractivity contribution >= 4 is 11.8 Å². The number of rotatable bonds is 14. The molecule has 0 rings (SSSR count). The van der Waals surface area contributed by atoms with E-state index in [1.807, 2.05) is 0 Å². The van der Waals surface area contributed by atoms with Gasteiger partial charge in [0.05, 0.1) is 0 Å². The van der Waals surface area contributed by atoms with Crippen LogP contribution >= 0.6 is 0 Å². The summed E-state index contributed by atoms with van der Waals surface area (Å²) in [7, 11) is 0. The van der Waals surface area contributed by atoms with E-state index in [1.54, 1.807) is 0 Å². The zero-order valence-corrected chi connectivity index (χ0v) is 15.4. The summed E-state index contributed by atoms with van der Waals surface area (Å²) < 4.78 is 0. The van der Waals surface area contributed by atoms with Gasteiger partial charge in [0, 0.05) is 18.8 Å². The van der Waals surface area contributed by atoms with Crippen LogP contribution in [0.1, 0.15) is 90.4 Å². The Morgan fingerprint density at radius 2 is 1.15 bits per heavy atom. The molecule has 0 aromatic carbocycles. The van der Waals surface area contributed by atoms with Crippen molar-refractivity contribution in [3.63, 3.8) is 0 Å². The molecule has 0 amide bonds. The van der Waals surface area contributed by atoms with Crippen LogP contribution in [0.15, 0.2) is 0 Å². The van der Waals surface area contributed by atoms with Gasteiger partial charge in [-0.3, -0.25) is 4.79 Å². The zero-order chi connectivity index (χ0) is 14.3. The molecule has 0 radical (unpaired) electrons. The van der Waals surface area contributed by atoms with Gasteiger partial charge in [0.15, 0.2) is 0 Å². The van der Waals surface area contributed by atoms with E-state index < -0.39 is 5.97 Å². The molecule has 0 aromatic rings. The average Bonchev–Trinajstić information content (AvgIpc) is 2.38. The van der Waals surface area contributed by atoms with Crippen LogP contribution in [0.3, 0.4) is 0 Å². The van der Waals surface area contributed by atoms with Crippen LogP contribution < -0.4 is 34.7 Å². The topological polar surface area (TPSA) is 57.2 Å². The predicted octanol–water partition coefficient (Wildman–Crippen LogP) is 0.401. The van der Waals surface area contributed by atoms with E-state index in [0.29, 0.717) is 6.42 Å². The summed E-state index contributed by atoms with van der Waals surface area (Å²) in [4.78, 5) is 21.5. The molecule has 0 saturated heterocycles. The van der Waals surface area contributed by atoms with Crippen molar-refractivity contribution in [3.8, 4) is 0 Å². The minimum Gasteiger partial charge on any atom is -0.550 e. The van der Waals surface area contributed by atoms with Crippen molar-refractivity contribution in [3.05, 3.63) is 0 Å². The average molecular weight is 292 g/mol. The largest absolute Gasteiger partial charge is 1.00 e. The summed E-state index contributed by atoms with van der Waals surface area (Å²) in [6.07, 6.45) is 13.0. The number of aliphatic carboxylic acids is 1. The van der Waals surface area contributed by atoms with Crippen LogP contribution in [0.25, 0.3) is 0 Å². The summed E-state index contributed by atoms with van der Waals surface area (Å²) in [5, 5.41) is 10.2. The standard InChI is InChI=1S/C16H30O3.Na/c1-2-3-4-5-6-7-8-9-10-11-12-15(17)13-14-16(18)19;/h2-14H2,1H3,(H,18,19);/q;+1/p-1. The Balaban J connectivity index is 0. The summed E-state index contributed by atoms with van der Waals surface area (Å²) in [5.74, 6) is -1.07. The second-order valence-corrected chi connectivity index (χ2v) is 5.34. The fourth-order valence-electron chi connectivity index (χ4n) is 2.18. The minimum atomic E-state index is -1.13. The van der Waals surface area contributed by atoms with Gasteiger partial charge in [-0.05, 0) is 12.8 Å². The second-order valence-electron chi connectivity index (χ2n) is 5.34. The van der Waals surface area contributed by atoms with Gasteiger partial charge in [-0.15, -0.1) is 0 Å². The molecule has 0 bridgehead atoms. The van der Waals surface area contributed by atoms with Gasteiger partial charge in [0.2, 0.25) is 0 Å². The molecule has 0 aromatic heterocycles. The normalized spacial score (nSPS) is 10.1. The first-order valence-corrected chi connectivity index (χ1v) is 7.88. The maximum Gasteiger partial charge on any atom is 1.00 e. The summed E-state index contributed by atoms with van der Waals surface area (Å²) >= 11 is 0. The summed E-state index contributed by atoms with van der Waals surface area (Å²) in [6, 6.07) is 0. The molecule has 0 saturated carbocycles. The molecule has 112 valence electrons. The van der Waals surface area contributed by atoms with Gasteiger partial charge >= 0.3 is 29.6 Å². The van der Waals surface area contributed by atoms with Crippen LogP contribution in [0, 0.1) is 0 Å². The van der Waals surface area contributed by atoms with Gasteiger partial charge in [-0.1, -0.05) is 64.7 Å². The van der Waals surface area contributed by atoms with Crippen LogP contribution in [0.4, 0.5) is 0 Å². The molecular formula is C16H29NaO3. The molecule has 0 atom stereocenters. The molecule has 0 unspecified atom stereocenters. The molecule has 0 spiro atoms. The first-order valence-electron chi connectivity index (χ1n) is 7.88. The van der Waals surface area contributed by atoms with E-state index in [9.17, 15) is 14.7 Å². The third kappa shape index (κ3) is 18.1. The monoisotopic (exact) mass is 292 g/mol. The van der Waals surface area contributed by atoms with E-state index in [0.717, 1.165) is 12.8 Å². The van der Waals surface area contributed by atoms with Crippen molar-refractivity contribution in [2.75, 3.05) is 0 Å². The quantitative estimate of drug-likeness (QED) is 0.344. The van der Waals surface area contributed by atoms with Crippen LogP contribution in [0.2, 0.25) is 0 Å². The Morgan fingerprint density at radius 3 is 1.60 bits per heavy atom. The van der Waals surface area contributed by atoms with Crippen LogP contribution in [-0.4, -0.2) is 11.8 Å². The van der Waals surface area contributed by atoms with E-state index >= 15 is 0 Å². The van der Waals surface area contributed by atoms with E-state index in [-0.39, 0.29) is 48.2 Å². The van der Waals surface area contributed by atoms with E-state index in [4.69, 9.17) is 0 Å². The third-order valence-corrected chi connectivity index (χ3v) is 3.42. The second kappa shape index (κ2) is 17.2. The van der Waals surface area contributed by atoms with Crippen molar-refractivity contribution in [2.45, 2.75) is 90.4 Å². The number of unbranched alkanes of at least 4 members (excludes halogenated alkanes) is 9. The van der Waals surface area contributed by atoms with Crippen molar-refractivity contribution in [1.82, 2.24) is 0 Å². The van der Waals surface area contributed by atoms with Gasteiger partial charge in [0.25, 0.3) is 0 Å². The van der Waals surface area contributed by atoms with Crippen molar-refractivity contribution in [2.24, 2.45) is 0 Å². The maximum absolute atomic E-state index is 11.3. The third-order valence-electron chi connectivity index (χ3n) is 3.42. The van der Waals surface area contributed by atoms with Crippen molar-refractivity contribution < 1.29 is 44.3 Å². The molecule has 0 aliphatic rings. The number of hydrogen-bond donors (Lipinski definition) is 0. The molecule has 4 heteroatoms. The van der Waals surface area contributed by atoms with Crippen LogP contribution in [-0.2, 0) is 9.59 Å². The predicted molar refractivity (Wildman–Crippen MR) is 75.7 cm³/mol. The molecule has 3 nitrogen and oxygen atoms in total. The Kier molecular flexibility index (Phi) is 19.3. The summed E-state index contributed by atoms with van der Waals surface area (Å²) in [5.41, 5.74) is 0. The summed E-state index contributed by atoms with van der Waals surface area (Å²) in [6.45, 7) is 2.23. The maximum atomic E-state index is 11.3. The number of Topliss-reactive ketones (excluding diaryl/α,β-unsaturated/α-hetero) is 1. The number of carboxylic acid groups (broad SMARTS) is 1. The van der Waals surface area contributed by atoms with E-state index in [1.165, 1.54) is 51.4 Å². The molecule has 0 aliphatic heterocycles. The molecule has 0 aliphatic carbocycles. The van der Waals surface area contributed by atoms with Gasteiger partial charge in [-0.2, -0.15) is 0 Å². The van der Waals surface area contributed by atoms with Gasteiger partial charge < -0.3 is 9.90 Å². The Hall–Kier alpha value is 0.140. The van der Waals surface area contributed by atoms with Crippen LogP contribution in [0.5, 0.6) is 0 Å². The van der Waals surface area contributed by atoms with E-state index in [2.05, 4.69) is 6.92 Å². The molecule has 20 heavy (non-hydrogen) atoms. The first kappa shape index (κ1) is 22.4. The number of carbonyl (C=O) groups excluding carboxylic acids is 2.